The molecule has 0 atom stereocenters. The number of hydrogen-bond acceptors (Lipinski definition) is 5. The molecule has 0 aromatic rings. The van der Waals surface area contributed by atoms with Crippen molar-refractivity contribution in [2.45, 2.75) is 0 Å². The Kier molecular flexibility index (Phi) is 12.1. The van der Waals surface area contributed by atoms with Crippen LogP contribution in [-0.4, -0.2) is 90.3 Å². The van der Waals surface area contributed by atoms with Crippen molar-refractivity contribution in [3.63, 3.8) is 0 Å². The fourth-order valence-electron chi connectivity index (χ4n) is 1.33. The second-order valence-electron chi connectivity index (χ2n) is 4.86. The van der Waals surface area contributed by atoms with E-state index in [0.717, 1.165) is 52.4 Å². The van der Waals surface area contributed by atoms with Gasteiger partial charge in [-0.3, -0.25) is 0 Å². The maximum absolute atomic E-state index is 3.41. The van der Waals surface area contributed by atoms with Crippen LogP contribution in [0.15, 0.2) is 0 Å². The number of nitrogens with one attached hydrogen (secondary N) is 3. The normalized spacial score (nSPS) is 11.6. The summed E-state index contributed by atoms with van der Waals surface area (Å²) in [7, 11) is 8.39. The zero-order valence-corrected chi connectivity index (χ0v) is 12.1. The molecular weight excluding hydrogens is 214 g/mol. The van der Waals surface area contributed by atoms with Gasteiger partial charge in [0, 0.05) is 52.4 Å². The molecule has 0 aliphatic rings. The molecule has 0 aliphatic heterocycles. The lowest BCUT2D eigenvalue weighted by Crippen LogP contribution is -2.36. The van der Waals surface area contributed by atoms with Crippen LogP contribution in [0.3, 0.4) is 0 Å². The Bertz CT molecular complexity index is 134. The minimum absolute atomic E-state index is 1.04. The van der Waals surface area contributed by atoms with Crippen LogP contribution < -0.4 is 16.0 Å². The largest absolute Gasteiger partial charge is 0.314 e. The van der Waals surface area contributed by atoms with Gasteiger partial charge in [0.15, 0.2) is 0 Å². The van der Waals surface area contributed by atoms with Gasteiger partial charge in [-0.2, -0.15) is 0 Å². The first-order valence-electron chi connectivity index (χ1n) is 6.54. The van der Waals surface area contributed by atoms with Crippen molar-refractivity contribution in [3.05, 3.63) is 0 Å². The third-order valence-corrected chi connectivity index (χ3v) is 2.43. The first-order chi connectivity index (χ1) is 8.13. The molecule has 104 valence electrons. The van der Waals surface area contributed by atoms with Crippen molar-refractivity contribution in [3.8, 4) is 0 Å². The predicted molar refractivity (Wildman–Crippen MR) is 75.7 cm³/mol. The summed E-state index contributed by atoms with van der Waals surface area (Å²) in [4.78, 5) is 4.38. The van der Waals surface area contributed by atoms with Gasteiger partial charge in [-0.05, 0) is 28.2 Å². The monoisotopic (exact) mass is 245 g/mol. The Hall–Kier alpha value is -0.200. The van der Waals surface area contributed by atoms with E-state index in [9.17, 15) is 0 Å². The molecule has 0 aromatic heterocycles. The quantitative estimate of drug-likeness (QED) is 0.380. The van der Waals surface area contributed by atoms with E-state index < -0.39 is 0 Å². The molecule has 0 spiro atoms. The number of nitrogens with zero attached hydrogens (tertiary/aromatic N) is 2. The Morgan fingerprint density at radius 1 is 0.529 bits per heavy atom. The molecule has 0 radical (unpaired) electrons. The van der Waals surface area contributed by atoms with Gasteiger partial charge in [0.2, 0.25) is 0 Å². The summed E-state index contributed by atoms with van der Waals surface area (Å²) in [5.41, 5.74) is 0. The first-order valence-corrected chi connectivity index (χ1v) is 6.54. The molecule has 0 amide bonds. The molecule has 0 aromatic carbocycles. The lowest BCUT2D eigenvalue weighted by Gasteiger charge is -2.12. The lowest BCUT2D eigenvalue weighted by atomic mass is 10.5. The minimum Gasteiger partial charge on any atom is -0.314 e. The molecule has 0 heterocycles. The highest BCUT2D eigenvalue weighted by molar-refractivity contribution is 4.56. The van der Waals surface area contributed by atoms with Crippen LogP contribution in [0.5, 0.6) is 0 Å². The standard InChI is InChI=1S/C12H31N5/c1-16(2)11-9-14-7-5-13-6-8-15-10-12-17(3)4/h13-15H,5-12H2,1-4H3. The highest BCUT2D eigenvalue weighted by atomic mass is 15.1. The summed E-state index contributed by atoms with van der Waals surface area (Å²) >= 11 is 0. The van der Waals surface area contributed by atoms with Gasteiger partial charge >= 0.3 is 0 Å². The van der Waals surface area contributed by atoms with Crippen LogP contribution in [0.25, 0.3) is 0 Å². The van der Waals surface area contributed by atoms with Gasteiger partial charge in [0.1, 0.15) is 0 Å². The van der Waals surface area contributed by atoms with E-state index in [1.807, 2.05) is 0 Å². The molecule has 17 heavy (non-hydrogen) atoms. The molecular formula is C12H31N5. The van der Waals surface area contributed by atoms with Crippen LogP contribution in [0.2, 0.25) is 0 Å². The molecule has 5 heteroatoms. The number of likely N-dealkylation sites (N-methyl/N-ethyl adjacent to an activating group) is 2. The summed E-state index contributed by atoms with van der Waals surface area (Å²) < 4.78 is 0. The summed E-state index contributed by atoms with van der Waals surface area (Å²) in [6, 6.07) is 0. The van der Waals surface area contributed by atoms with E-state index in [1.54, 1.807) is 0 Å². The van der Waals surface area contributed by atoms with Crippen molar-refractivity contribution in [2.75, 3.05) is 80.5 Å². The number of hydrogen-bond donors (Lipinski definition) is 3. The molecule has 0 saturated carbocycles. The van der Waals surface area contributed by atoms with Crippen LogP contribution in [0.1, 0.15) is 0 Å². The van der Waals surface area contributed by atoms with E-state index in [2.05, 4.69) is 53.9 Å². The smallest absolute Gasteiger partial charge is 0.0101 e. The number of rotatable bonds is 12. The molecule has 0 fully saturated rings. The Morgan fingerprint density at radius 3 is 1.12 bits per heavy atom. The topological polar surface area (TPSA) is 42.6 Å². The first kappa shape index (κ1) is 16.8. The van der Waals surface area contributed by atoms with Crippen molar-refractivity contribution in [1.29, 1.82) is 0 Å². The predicted octanol–water partition coefficient (Wildman–Crippen LogP) is -1.12. The summed E-state index contributed by atoms with van der Waals surface area (Å²) in [5.74, 6) is 0. The van der Waals surface area contributed by atoms with Gasteiger partial charge < -0.3 is 25.8 Å². The maximum Gasteiger partial charge on any atom is 0.0101 e. The second-order valence-corrected chi connectivity index (χ2v) is 4.86. The van der Waals surface area contributed by atoms with E-state index >= 15 is 0 Å². The minimum atomic E-state index is 1.04. The van der Waals surface area contributed by atoms with Gasteiger partial charge in [-0.1, -0.05) is 0 Å². The Labute approximate surface area is 107 Å². The van der Waals surface area contributed by atoms with Crippen molar-refractivity contribution in [2.24, 2.45) is 0 Å². The zero-order chi connectivity index (χ0) is 12.9. The van der Waals surface area contributed by atoms with E-state index in [1.165, 1.54) is 0 Å². The van der Waals surface area contributed by atoms with Crippen molar-refractivity contribution < 1.29 is 0 Å². The third-order valence-electron chi connectivity index (χ3n) is 2.43. The van der Waals surface area contributed by atoms with E-state index in [4.69, 9.17) is 0 Å². The highest BCUT2D eigenvalue weighted by Crippen LogP contribution is 1.71. The lowest BCUT2D eigenvalue weighted by molar-refractivity contribution is 0.396. The SMILES string of the molecule is CN(C)CCNCCNCCNCCN(C)C. The summed E-state index contributed by atoms with van der Waals surface area (Å²) in [5, 5.41) is 10.2. The van der Waals surface area contributed by atoms with E-state index in [-0.39, 0.29) is 0 Å². The van der Waals surface area contributed by atoms with Crippen LogP contribution in [0.4, 0.5) is 0 Å². The molecule has 5 nitrogen and oxygen atoms in total. The van der Waals surface area contributed by atoms with Gasteiger partial charge in [0.25, 0.3) is 0 Å². The maximum atomic E-state index is 3.41. The van der Waals surface area contributed by atoms with Gasteiger partial charge in [-0.25, -0.2) is 0 Å². The second kappa shape index (κ2) is 12.3. The van der Waals surface area contributed by atoms with Crippen LogP contribution in [0, 0.1) is 0 Å². The molecule has 0 bridgehead atoms. The van der Waals surface area contributed by atoms with Crippen LogP contribution >= 0.6 is 0 Å². The summed E-state index contributed by atoms with van der Waals surface area (Å²) in [6.07, 6.45) is 0. The fourth-order valence-corrected chi connectivity index (χ4v) is 1.33. The average Bonchev–Trinajstić information content (AvgIpc) is 2.25. The fraction of sp³-hybridized carbons (Fsp3) is 1.00. The Morgan fingerprint density at radius 2 is 0.824 bits per heavy atom. The highest BCUT2D eigenvalue weighted by Gasteiger charge is 1.91. The molecule has 0 aliphatic carbocycles. The van der Waals surface area contributed by atoms with Crippen molar-refractivity contribution >= 4 is 0 Å². The Balaban J connectivity index is 2.94. The molecule has 0 unspecified atom stereocenters. The third kappa shape index (κ3) is 15.8. The molecule has 3 N–H and O–H groups in total. The molecule has 0 rings (SSSR count). The molecule has 0 saturated heterocycles. The van der Waals surface area contributed by atoms with Crippen LogP contribution in [-0.2, 0) is 0 Å². The average molecular weight is 245 g/mol. The van der Waals surface area contributed by atoms with Crippen molar-refractivity contribution in [1.82, 2.24) is 25.8 Å². The van der Waals surface area contributed by atoms with Gasteiger partial charge in [0.05, 0.1) is 0 Å². The summed E-state index contributed by atoms with van der Waals surface area (Å²) in [6.45, 7) is 8.52. The van der Waals surface area contributed by atoms with Gasteiger partial charge in [-0.15, -0.1) is 0 Å². The van der Waals surface area contributed by atoms with E-state index in [0.29, 0.717) is 0 Å². The zero-order valence-electron chi connectivity index (χ0n) is 12.1.